The van der Waals surface area contributed by atoms with Crippen LogP contribution in [-0.2, 0) is 6.54 Å². The molecule has 0 radical (unpaired) electrons. The quantitative estimate of drug-likeness (QED) is 0.428. The van der Waals surface area contributed by atoms with Gasteiger partial charge in [-0.3, -0.25) is 9.48 Å². The van der Waals surface area contributed by atoms with E-state index in [1.54, 1.807) is 10.9 Å². The van der Waals surface area contributed by atoms with Gasteiger partial charge in [-0.25, -0.2) is 0 Å². The molecule has 7 nitrogen and oxygen atoms in total. The lowest BCUT2D eigenvalue weighted by atomic mass is 10.2. The van der Waals surface area contributed by atoms with Gasteiger partial charge >= 0.3 is 0 Å². The van der Waals surface area contributed by atoms with Crippen molar-refractivity contribution >= 4 is 46.7 Å². The van der Waals surface area contributed by atoms with Crippen LogP contribution in [0.1, 0.15) is 29.8 Å². The van der Waals surface area contributed by atoms with E-state index >= 15 is 0 Å². The molecule has 0 saturated heterocycles. The van der Waals surface area contributed by atoms with Crippen molar-refractivity contribution in [3.05, 3.63) is 41.7 Å². The van der Waals surface area contributed by atoms with Crippen molar-refractivity contribution in [1.29, 1.82) is 0 Å². The van der Waals surface area contributed by atoms with Gasteiger partial charge in [-0.2, -0.15) is 9.47 Å². The van der Waals surface area contributed by atoms with Gasteiger partial charge in [0.25, 0.3) is 5.91 Å². The van der Waals surface area contributed by atoms with E-state index in [1.165, 1.54) is 35.1 Å². The Hall–Kier alpha value is -2.17. The minimum absolute atomic E-state index is 0.170. The van der Waals surface area contributed by atoms with Gasteiger partial charge in [0.1, 0.15) is 5.03 Å². The van der Waals surface area contributed by atoms with Crippen LogP contribution in [0.25, 0.3) is 0 Å². The molecule has 10 heteroatoms. The molecule has 0 atom stereocenters. The number of hydrogen-bond donors (Lipinski definition) is 1. The van der Waals surface area contributed by atoms with E-state index < -0.39 is 0 Å². The fourth-order valence-electron chi connectivity index (χ4n) is 2.82. The van der Waals surface area contributed by atoms with Gasteiger partial charge in [0.05, 0.1) is 41.4 Å². The van der Waals surface area contributed by atoms with E-state index in [4.69, 9.17) is 9.47 Å². The Morgan fingerprint density at radius 3 is 2.63 bits per heavy atom. The second kappa shape index (κ2) is 10.7. The van der Waals surface area contributed by atoms with Gasteiger partial charge in [0.15, 0.2) is 11.5 Å². The fraction of sp³-hybridized carbons (Fsp3) is 0.350. The van der Waals surface area contributed by atoms with Crippen LogP contribution in [0.15, 0.2) is 39.8 Å². The number of aromatic nitrogens is 3. The third-order valence-corrected chi connectivity index (χ3v) is 6.82. The maximum absolute atomic E-state index is 12.8. The third-order valence-electron chi connectivity index (χ3n) is 4.08. The molecule has 0 unspecified atom stereocenters. The molecule has 1 aromatic carbocycles. The summed E-state index contributed by atoms with van der Waals surface area (Å²) >= 11 is 4.34. The average Bonchev–Trinajstić information content (AvgIpc) is 3.36. The second-order valence-electron chi connectivity index (χ2n) is 6.09. The van der Waals surface area contributed by atoms with Gasteiger partial charge in [0, 0.05) is 6.20 Å². The monoisotopic (exact) mass is 464 g/mol. The summed E-state index contributed by atoms with van der Waals surface area (Å²) in [5.74, 6) is 1.28. The lowest BCUT2D eigenvalue weighted by Crippen LogP contribution is -2.12. The van der Waals surface area contributed by atoms with Crippen LogP contribution in [0.4, 0.5) is 5.69 Å². The average molecular weight is 465 g/mol. The summed E-state index contributed by atoms with van der Waals surface area (Å²) < 4.78 is 18.3. The molecule has 3 aromatic rings. The number of rotatable bonds is 10. The highest BCUT2D eigenvalue weighted by molar-refractivity contribution is 8.01. The first kappa shape index (κ1) is 22.5. The second-order valence-corrected chi connectivity index (χ2v) is 8.73. The highest BCUT2D eigenvalue weighted by Crippen LogP contribution is 2.33. The normalized spacial score (nSPS) is 10.8. The molecule has 0 aliphatic carbocycles. The molecule has 1 N–H and O–H groups in total. The van der Waals surface area contributed by atoms with Crippen molar-refractivity contribution in [3.63, 3.8) is 0 Å². The molecule has 0 saturated carbocycles. The molecule has 160 valence electrons. The number of thioether (sulfide) groups is 2. The number of amides is 1. The van der Waals surface area contributed by atoms with E-state index in [0.717, 1.165) is 26.3 Å². The van der Waals surface area contributed by atoms with E-state index in [1.807, 2.05) is 50.8 Å². The number of ether oxygens (including phenoxy) is 2. The molecule has 2 heterocycles. The van der Waals surface area contributed by atoms with Gasteiger partial charge in [-0.1, -0.05) is 6.07 Å². The van der Waals surface area contributed by atoms with Gasteiger partial charge in [-0.15, -0.1) is 23.5 Å². The first-order valence-electron chi connectivity index (χ1n) is 9.39. The van der Waals surface area contributed by atoms with Crippen LogP contribution in [0.2, 0.25) is 0 Å². The molecule has 0 spiro atoms. The van der Waals surface area contributed by atoms with Gasteiger partial charge in [-0.05, 0) is 55.6 Å². The maximum atomic E-state index is 12.8. The minimum Gasteiger partial charge on any atom is -0.490 e. The molecule has 1 amide bonds. The zero-order chi connectivity index (χ0) is 21.5. The zero-order valence-corrected chi connectivity index (χ0v) is 19.7. The Labute approximate surface area is 188 Å². The lowest BCUT2D eigenvalue weighted by Gasteiger charge is -2.12. The minimum atomic E-state index is -0.170. The van der Waals surface area contributed by atoms with Crippen molar-refractivity contribution in [3.8, 4) is 11.5 Å². The highest BCUT2D eigenvalue weighted by Gasteiger charge is 2.20. The largest absolute Gasteiger partial charge is 0.490 e. The van der Waals surface area contributed by atoms with Crippen LogP contribution in [0, 0.1) is 0 Å². The van der Waals surface area contributed by atoms with Crippen molar-refractivity contribution in [2.45, 2.75) is 29.6 Å². The molecule has 0 bridgehead atoms. The Kier molecular flexibility index (Phi) is 8.06. The van der Waals surface area contributed by atoms with E-state index in [0.29, 0.717) is 31.0 Å². The highest BCUT2D eigenvalue weighted by atomic mass is 32.2. The summed E-state index contributed by atoms with van der Waals surface area (Å²) in [6.07, 6.45) is 7.32. The Morgan fingerprint density at radius 2 is 1.93 bits per heavy atom. The van der Waals surface area contributed by atoms with Crippen LogP contribution in [-0.4, -0.2) is 45.8 Å². The number of hydrogen-bond acceptors (Lipinski definition) is 8. The predicted molar refractivity (Wildman–Crippen MR) is 124 cm³/mol. The summed E-state index contributed by atoms with van der Waals surface area (Å²) in [7, 11) is 0. The first-order valence-corrected chi connectivity index (χ1v) is 12.6. The number of anilines is 1. The Morgan fingerprint density at radius 1 is 1.17 bits per heavy atom. The number of nitrogens with one attached hydrogen (secondary N) is 1. The van der Waals surface area contributed by atoms with Crippen molar-refractivity contribution in [2.24, 2.45) is 0 Å². The lowest BCUT2D eigenvalue weighted by molar-refractivity contribution is 0.102. The Bertz CT molecular complexity index is 982. The van der Waals surface area contributed by atoms with Gasteiger partial charge in [0.2, 0.25) is 0 Å². The topological polar surface area (TPSA) is 78.3 Å². The molecular formula is C20H24N4O3S3. The number of carbonyl (C=O) groups excluding carboxylic acids is 1. The fourth-order valence-corrected chi connectivity index (χ4v) is 5.10. The smallest absolute Gasteiger partial charge is 0.260 e. The van der Waals surface area contributed by atoms with Crippen molar-refractivity contribution < 1.29 is 14.3 Å². The van der Waals surface area contributed by atoms with E-state index in [9.17, 15) is 4.79 Å². The predicted octanol–water partition coefficient (Wildman–Crippen LogP) is 4.88. The summed E-state index contributed by atoms with van der Waals surface area (Å²) in [5.41, 5.74) is 2.29. The van der Waals surface area contributed by atoms with Crippen molar-refractivity contribution in [2.75, 3.05) is 31.0 Å². The number of benzene rings is 1. The summed E-state index contributed by atoms with van der Waals surface area (Å²) in [5, 5.41) is 8.05. The standard InChI is InChI=1S/C20H24N4O3S3/c1-5-26-15-8-7-13(9-16(15)27-6-2)11-24-12-14(10-21-24)22-18(25)17-19(28-3)23-30-20(17)29-4/h7-10,12H,5-6,11H2,1-4H3,(H,22,25). The van der Waals surface area contributed by atoms with E-state index in [2.05, 4.69) is 14.8 Å². The van der Waals surface area contributed by atoms with Crippen LogP contribution in [0.3, 0.4) is 0 Å². The first-order chi connectivity index (χ1) is 14.6. The molecule has 2 aromatic heterocycles. The molecular weight excluding hydrogens is 440 g/mol. The van der Waals surface area contributed by atoms with Crippen LogP contribution < -0.4 is 14.8 Å². The van der Waals surface area contributed by atoms with Gasteiger partial charge < -0.3 is 14.8 Å². The molecule has 0 aliphatic rings. The number of carbonyl (C=O) groups is 1. The molecule has 0 aliphatic heterocycles. The third kappa shape index (κ3) is 5.30. The molecule has 3 rings (SSSR count). The number of nitrogens with zero attached hydrogens (tertiary/aromatic N) is 3. The molecule has 30 heavy (non-hydrogen) atoms. The zero-order valence-electron chi connectivity index (χ0n) is 17.3. The summed E-state index contributed by atoms with van der Waals surface area (Å²) in [4.78, 5) is 12.8. The van der Waals surface area contributed by atoms with E-state index in [-0.39, 0.29) is 5.91 Å². The SMILES string of the molecule is CCOc1ccc(Cn2cc(NC(=O)c3c(SC)nsc3SC)cn2)cc1OCC. The van der Waals surface area contributed by atoms with Crippen LogP contribution in [0.5, 0.6) is 11.5 Å². The van der Waals surface area contributed by atoms with Crippen molar-refractivity contribution in [1.82, 2.24) is 14.2 Å². The summed E-state index contributed by atoms with van der Waals surface area (Å²) in [6.45, 7) is 5.58. The van der Waals surface area contributed by atoms with Crippen LogP contribution >= 0.6 is 35.1 Å². The summed E-state index contributed by atoms with van der Waals surface area (Å²) in [6, 6.07) is 5.86. The maximum Gasteiger partial charge on any atom is 0.260 e. The Balaban J connectivity index is 1.72. The molecule has 0 fully saturated rings.